The lowest BCUT2D eigenvalue weighted by atomic mass is 9.81. The molecule has 1 aliphatic rings. The molecule has 1 amide bonds. The number of benzene rings is 1. The third kappa shape index (κ3) is 3.45. The molecule has 2 N–H and O–H groups in total. The smallest absolute Gasteiger partial charge is 0.252 e. The van der Waals surface area contributed by atoms with Crippen molar-refractivity contribution in [1.82, 2.24) is 10.6 Å². The first kappa shape index (κ1) is 14.7. The molecule has 0 saturated carbocycles. The molecular weight excluding hydrogens is 252 g/mol. The van der Waals surface area contributed by atoms with Crippen LogP contribution in [0, 0.1) is 5.41 Å². The molecule has 2 rings (SSSR count). The number of carbonyl (C=O) groups is 2. The van der Waals surface area contributed by atoms with E-state index in [9.17, 15) is 9.59 Å². The van der Waals surface area contributed by atoms with Crippen LogP contribution in [0.5, 0.6) is 0 Å². The molecule has 1 heterocycles. The zero-order chi connectivity index (χ0) is 14.6. The van der Waals surface area contributed by atoms with Gasteiger partial charge in [-0.1, -0.05) is 25.1 Å². The van der Waals surface area contributed by atoms with Crippen molar-refractivity contribution in [2.45, 2.75) is 26.7 Å². The van der Waals surface area contributed by atoms with E-state index in [1.165, 1.54) is 6.92 Å². The molecule has 0 radical (unpaired) electrons. The SMILES string of the molecule is CC(=O)c1ccccc1C(=O)NCC1(C)CCNCC1. The summed E-state index contributed by atoms with van der Waals surface area (Å²) in [5.41, 5.74) is 1.10. The van der Waals surface area contributed by atoms with Gasteiger partial charge in [-0.25, -0.2) is 0 Å². The third-order valence-corrected chi connectivity index (χ3v) is 4.04. The molecule has 108 valence electrons. The van der Waals surface area contributed by atoms with Crippen molar-refractivity contribution in [3.8, 4) is 0 Å². The molecule has 0 unspecified atom stereocenters. The summed E-state index contributed by atoms with van der Waals surface area (Å²) in [6.07, 6.45) is 2.11. The van der Waals surface area contributed by atoms with E-state index in [4.69, 9.17) is 0 Å². The average molecular weight is 274 g/mol. The number of nitrogens with one attached hydrogen (secondary N) is 2. The van der Waals surface area contributed by atoms with Crippen LogP contribution in [0.25, 0.3) is 0 Å². The van der Waals surface area contributed by atoms with Crippen LogP contribution in [0.3, 0.4) is 0 Å². The van der Waals surface area contributed by atoms with Crippen molar-refractivity contribution >= 4 is 11.7 Å². The minimum atomic E-state index is -0.157. The first-order valence-corrected chi connectivity index (χ1v) is 7.11. The largest absolute Gasteiger partial charge is 0.351 e. The molecule has 0 spiro atoms. The molecule has 1 aliphatic heterocycles. The van der Waals surface area contributed by atoms with Gasteiger partial charge < -0.3 is 10.6 Å². The normalized spacial score (nSPS) is 17.5. The number of carbonyl (C=O) groups excluding carboxylic acids is 2. The van der Waals surface area contributed by atoms with Crippen molar-refractivity contribution in [3.63, 3.8) is 0 Å². The van der Waals surface area contributed by atoms with Crippen LogP contribution in [-0.4, -0.2) is 31.3 Å². The summed E-state index contributed by atoms with van der Waals surface area (Å²) < 4.78 is 0. The van der Waals surface area contributed by atoms with Crippen LogP contribution in [-0.2, 0) is 0 Å². The molecule has 20 heavy (non-hydrogen) atoms. The van der Waals surface area contributed by atoms with Crippen molar-refractivity contribution in [3.05, 3.63) is 35.4 Å². The molecule has 0 aromatic heterocycles. The van der Waals surface area contributed by atoms with E-state index in [1.807, 2.05) is 0 Å². The van der Waals surface area contributed by atoms with Crippen LogP contribution in [0.15, 0.2) is 24.3 Å². The van der Waals surface area contributed by atoms with Gasteiger partial charge >= 0.3 is 0 Å². The number of hydrogen-bond acceptors (Lipinski definition) is 3. The predicted molar refractivity (Wildman–Crippen MR) is 79.0 cm³/mol. The lowest BCUT2D eigenvalue weighted by Gasteiger charge is -2.34. The van der Waals surface area contributed by atoms with E-state index in [2.05, 4.69) is 17.6 Å². The minimum Gasteiger partial charge on any atom is -0.351 e. The van der Waals surface area contributed by atoms with Crippen LogP contribution in [0.2, 0.25) is 0 Å². The van der Waals surface area contributed by atoms with Gasteiger partial charge in [-0.05, 0) is 44.3 Å². The second-order valence-electron chi connectivity index (χ2n) is 5.85. The highest BCUT2D eigenvalue weighted by atomic mass is 16.2. The van der Waals surface area contributed by atoms with Gasteiger partial charge in [-0.15, -0.1) is 0 Å². The quantitative estimate of drug-likeness (QED) is 0.826. The third-order valence-electron chi connectivity index (χ3n) is 4.04. The van der Waals surface area contributed by atoms with Crippen LogP contribution in [0.4, 0.5) is 0 Å². The summed E-state index contributed by atoms with van der Waals surface area (Å²) in [4.78, 5) is 23.8. The van der Waals surface area contributed by atoms with E-state index >= 15 is 0 Å². The first-order valence-electron chi connectivity index (χ1n) is 7.11. The highest BCUT2D eigenvalue weighted by Gasteiger charge is 2.27. The first-order chi connectivity index (χ1) is 9.52. The van der Waals surface area contributed by atoms with E-state index in [0.29, 0.717) is 17.7 Å². The number of Topliss-reactive ketones (excluding diaryl/α,β-unsaturated/α-hetero) is 1. The Hall–Kier alpha value is -1.68. The van der Waals surface area contributed by atoms with Gasteiger partial charge in [0.05, 0.1) is 5.56 Å². The number of ketones is 1. The Morgan fingerprint density at radius 3 is 2.40 bits per heavy atom. The summed E-state index contributed by atoms with van der Waals surface area (Å²) in [6, 6.07) is 6.97. The Labute approximate surface area is 119 Å². The van der Waals surface area contributed by atoms with Crippen LogP contribution < -0.4 is 10.6 Å². The van der Waals surface area contributed by atoms with Gasteiger partial charge in [0.2, 0.25) is 0 Å². The summed E-state index contributed by atoms with van der Waals surface area (Å²) in [5, 5.41) is 6.31. The summed E-state index contributed by atoms with van der Waals surface area (Å²) in [7, 11) is 0. The van der Waals surface area contributed by atoms with Crippen molar-refractivity contribution in [1.29, 1.82) is 0 Å². The van der Waals surface area contributed by atoms with E-state index in [1.54, 1.807) is 24.3 Å². The van der Waals surface area contributed by atoms with Crippen LogP contribution in [0.1, 0.15) is 47.4 Å². The Morgan fingerprint density at radius 1 is 1.20 bits per heavy atom. The Bertz CT molecular complexity index is 505. The molecule has 1 saturated heterocycles. The molecule has 0 bridgehead atoms. The van der Waals surface area contributed by atoms with Gasteiger partial charge in [0.15, 0.2) is 5.78 Å². The maximum absolute atomic E-state index is 12.3. The van der Waals surface area contributed by atoms with Gasteiger partial charge in [0.25, 0.3) is 5.91 Å². The van der Waals surface area contributed by atoms with Gasteiger partial charge in [-0.3, -0.25) is 9.59 Å². The topological polar surface area (TPSA) is 58.2 Å². The zero-order valence-electron chi connectivity index (χ0n) is 12.2. The maximum atomic E-state index is 12.3. The fourth-order valence-electron chi connectivity index (χ4n) is 2.58. The molecular formula is C16H22N2O2. The van der Waals surface area contributed by atoms with E-state index in [-0.39, 0.29) is 17.1 Å². The molecule has 0 aliphatic carbocycles. The second-order valence-corrected chi connectivity index (χ2v) is 5.85. The highest BCUT2D eigenvalue weighted by Crippen LogP contribution is 2.26. The number of piperidine rings is 1. The lowest BCUT2D eigenvalue weighted by Crippen LogP contribution is -2.43. The highest BCUT2D eigenvalue weighted by molar-refractivity contribution is 6.07. The lowest BCUT2D eigenvalue weighted by molar-refractivity contribution is 0.0911. The molecule has 1 aromatic rings. The summed E-state index contributed by atoms with van der Waals surface area (Å²) in [6.45, 7) is 6.33. The maximum Gasteiger partial charge on any atom is 0.252 e. The predicted octanol–water partition coefficient (Wildman–Crippen LogP) is 2.01. The second kappa shape index (κ2) is 6.18. The fraction of sp³-hybridized carbons (Fsp3) is 0.500. The molecule has 0 atom stereocenters. The van der Waals surface area contributed by atoms with E-state index < -0.39 is 0 Å². The number of amides is 1. The van der Waals surface area contributed by atoms with Crippen molar-refractivity contribution in [2.75, 3.05) is 19.6 Å². The Balaban J connectivity index is 2.03. The molecule has 4 heteroatoms. The van der Waals surface area contributed by atoms with Crippen molar-refractivity contribution in [2.24, 2.45) is 5.41 Å². The zero-order valence-corrected chi connectivity index (χ0v) is 12.2. The molecule has 4 nitrogen and oxygen atoms in total. The number of hydrogen-bond donors (Lipinski definition) is 2. The van der Waals surface area contributed by atoms with Crippen molar-refractivity contribution < 1.29 is 9.59 Å². The van der Waals surface area contributed by atoms with Gasteiger partial charge in [0, 0.05) is 12.1 Å². The minimum absolute atomic E-state index is 0.0798. The van der Waals surface area contributed by atoms with Gasteiger partial charge in [0.1, 0.15) is 0 Å². The summed E-state index contributed by atoms with van der Waals surface area (Å²) in [5.74, 6) is -0.237. The molecule has 1 aromatic carbocycles. The average Bonchev–Trinajstić information content (AvgIpc) is 2.45. The summed E-state index contributed by atoms with van der Waals surface area (Å²) >= 11 is 0. The Kier molecular flexibility index (Phi) is 4.55. The van der Waals surface area contributed by atoms with E-state index in [0.717, 1.165) is 25.9 Å². The monoisotopic (exact) mass is 274 g/mol. The number of rotatable bonds is 4. The fourth-order valence-corrected chi connectivity index (χ4v) is 2.58. The standard InChI is InChI=1S/C16H22N2O2/c1-12(19)13-5-3-4-6-14(13)15(20)18-11-16(2)7-9-17-10-8-16/h3-6,17H,7-11H2,1-2H3,(H,18,20). The molecule has 1 fully saturated rings. The van der Waals surface area contributed by atoms with Gasteiger partial charge in [-0.2, -0.15) is 0 Å². The van der Waals surface area contributed by atoms with Crippen LogP contribution >= 0.6 is 0 Å². The Morgan fingerprint density at radius 2 is 1.80 bits per heavy atom.